The Bertz CT molecular complexity index is 544. The van der Waals surface area contributed by atoms with Crippen molar-refractivity contribution in [3.8, 4) is 0 Å². The fourth-order valence-electron chi connectivity index (χ4n) is 2.30. The highest BCUT2D eigenvalue weighted by molar-refractivity contribution is 6.01. The van der Waals surface area contributed by atoms with Crippen molar-refractivity contribution >= 4 is 11.9 Å². The molecule has 1 aromatic rings. The summed E-state index contributed by atoms with van der Waals surface area (Å²) in [6.07, 6.45) is 0.430. The fourth-order valence-corrected chi connectivity index (χ4v) is 2.30. The van der Waals surface area contributed by atoms with E-state index < -0.39 is 23.0 Å². The molecule has 1 fully saturated rings. The summed E-state index contributed by atoms with van der Waals surface area (Å²) in [6, 6.07) is 5.73. The normalized spacial score (nSPS) is 22.0. The first kappa shape index (κ1) is 15.5. The van der Waals surface area contributed by atoms with E-state index in [1.54, 1.807) is 32.9 Å². The van der Waals surface area contributed by atoms with E-state index in [2.05, 4.69) is 0 Å². The van der Waals surface area contributed by atoms with Crippen LogP contribution in [0, 0.1) is 11.2 Å². The Labute approximate surface area is 123 Å². The number of halogens is 1. The molecule has 1 saturated heterocycles. The molecule has 1 atom stereocenters. The van der Waals surface area contributed by atoms with Crippen molar-refractivity contribution in [2.75, 3.05) is 6.61 Å². The maximum absolute atomic E-state index is 13.0. The molecule has 2 rings (SSSR count). The molecule has 0 aromatic heterocycles. The van der Waals surface area contributed by atoms with Crippen LogP contribution in [-0.4, -0.2) is 24.1 Å². The van der Waals surface area contributed by atoms with Crippen LogP contribution < -0.4 is 0 Å². The highest BCUT2D eigenvalue weighted by atomic mass is 19.1. The number of ether oxygens (including phenoxy) is 2. The Hall–Kier alpha value is -1.91. The minimum atomic E-state index is -1.33. The standard InChI is InChI=1S/C16H19FO4/c1-15(2,3)21-14(19)16(8-9-20-13(16)18)10-11-4-6-12(17)7-5-11/h4-7H,8-10H2,1-3H3/t16-/m0/s1. The summed E-state index contributed by atoms with van der Waals surface area (Å²) in [5.74, 6) is -1.51. The van der Waals surface area contributed by atoms with E-state index in [1.807, 2.05) is 0 Å². The highest BCUT2D eigenvalue weighted by Crippen LogP contribution is 2.36. The second-order valence-electron chi connectivity index (χ2n) is 6.27. The molecule has 0 bridgehead atoms. The number of esters is 2. The van der Waals surface area contributed by atoms with Crippen LogP contribution in [0.25, 0.3) is 0 Å². The van der Waals surface area contributed by atoms with Gasteiger partial charge < -0.3 is 9.47 Å². The molecule has 0 N–H and O–H groups in total. The molecule has 0 aliphatic carbocycles. The summed E-state index contributed by atoms with van der Waals surface area (Å²) in [5, 5.41) is 0. The summed E-state index contributed by atoms with van der Waals surface area (Å²) < 4.78 is 23.3. The average Bonchev–Trinajstić information content (AvgIpc) is 2.73. The summed E-state index contributed by atoms with van der Waals surface area (Å²) in [4.78, 5) is 24.6. The smallest absolute Gasteiger partial charge is 0.324 e. The molecule has 0 spiro atoms. The Morgan fingerprint density at radius 2 is 1.95 bits per heavy atom. The van der Waals surface area contributed by atoms with E-state index in [-0.39, 0.29) is 25.3 Å². The zero-order valence-electron chi connectivity index (χ0n) is 12.4. The van der Waals surface area contributed by atoms with Gasteiger partial charge in [0.15, 0.2) is 5.41 Å². The lowest BCUT2D eigenvalue weighted by Crippen LogP contribution is -2.42. The summed E-state index contributed by atoms with van der Waals surface area (Å²) in [6.45, 7) is 5.43. The van der Waals surface area contributed by atoms with Gasteiger partial charge in [-0.15, -0.1) is 0 Å². The topological polar surface area (TPSA) is 52.6 Å². The number of rotatable bonds is 3. The first-order valence-corrected chi connectivity index (χ1v) is 6.88. The van der Waals surface area contributed by atoms with Crippen molar-refractivity contribution in [3.05, 3.63) is 35.6 Å². The van der Waals surface area contributed by atoms with Gasteiger partial charge in [-0.25, -0.2) is 4.39 Å². The highest BCUT2D eigenvalue weighted by Gasteiger charge is 2.53. The number of carbonyl (C=O) groups excluding carboxylic acids is 2. The van der Waals surface area contributed by atoms with Gasteiger partial charge in [-0.1, -0.05) is 12.1 Å². The molecule has 1 aliphatic rings. The van der Waals surface area contributed by atoms with Crippen LogP contribution in [0.2, 0.25) is 0 Å². The minimum absolute atomic E-state index is 0.154. The lowest BCUT2D eigenvalue weighted by molar-refractivity contribution is -0.173. The van der Waals surface area contributed by atoms with Gasteiger partial charge in [0.1, 0.15) is 11.4 Å². The molecule has 0 unspecified atom stereocenters. The zero-order valence-corrected chi connectivity index (χ0v) is 12.4. The van der Waals surface area contributed by atoms with Crippen LogP contribution in [0.1, 0.15) is 32.8 Å². The molecular formula is C16H19FO4. The van der Waals surface area contributed by atoms with E-state index in [4.69, 9.17) is 9.47 Å². The summed E-state index contributed by atoms with van der Waals surface area (Å²) >= 11 is 0. The Morgan fingerprint density at radius 3 is 2.43 bits per heavy atom. The van der Waals surface area contributed by atoms with Gasteiger partial charge in [0, 0.05) is 6.42 Å². The molecule has 21 heavy (non-hydrogen) atoms. The lowest BCUT2D eigenvalue weighted by atomic mass is 9.80. The molecule has 114 valence electrons. The van der Waals surface area contributed by atoms with Gasteiger partial charge in [0.25, 0.3) is 0 Å². The molecule has 1 aromatic carbocycles. The van der Waals surface area contributed by atoms with Crippen LogP contribution in [0.4, 0.5) is 4.39 Å². The number of benzene rings is 1. The van der Waals surface area contributed by atoms with Crippen molar-refractivity contribution in [2.24, 2.45) is 5.41 Å². The number of hydrogen-bond donors (Lipinski definition) is 0. The van der Waals surface area contributed by atoms with Crippen molar-refractivity contribution in [3.63, 3.8) is 0 Å². The van der Waals surface area contributed by atoms with E-state index >= 15 is 0 Å². The van der Waals surface area contributed by atoms with Crippen molar-refractivity contribution in [1.82, 2.24) is 0 Å². The van der Waals surface area contributed by atoms with Crippen LogP contribution in [0.5, 0.6) is 0 Å². The van der Waals surface area contributed by atoms with Crippen molar-refractivity contribution < 1.29 is 23.5 Å². The number of carbonyl (C=O) groups is 2. The second-order valence-corrected chi connectivity index (χ2v) is 6.27. The molecule has 4 nitrogen and oxygen atoms in total. The van der Waals surface area contributed by atoms with Crippen LogP contribution in [0.3, 0.4) is 0 Å². The van der Waals surface area contributed by atoms with E-state index in [0.29, 0.717) is 5.56 Å². The average molecular weight is 294 g/mol. The van der Waals surface area contributed by atoms with Gasteiger partial charge in [-0.05, 0) is 44.9 Å². The molecule has 1 heterocycles. The van der Waals surface area contributed by atoms with Gasteiger partial charge in [0.05, 0.1) is 6.61 Å². The molecule has 0 amide bonds. The van der Waals surface area contributed by atoms with Gasteiger partial charge in [0.2, 0.25) is 0 Å². The van der Waals surface area contributed by atoms with Crippen LogP contribution >= 0.6 is 0 Å². The largest absolute Gasteiger partial charge is 0.465 e. The van der Waals surface area contributed by atoms with Crippen LogP contribution in [0.15, 0.2) is 24.3 Å². The van der Waals surface area contributed by atoms with Gasteiger partial charge in [-0.2, -0.15) is 0 Å². The zero-order chi connectivity index (χ0) is 15.7. The predicted molar refractivity (Wildman–Crippen MR) is 74.0 cm³/mol. The predicted octanol–water partition coefficient (Wildman–Crippen LogP) is 2.64. The SMILES string of the molecule is CC(C)(C)OC(=O)[C@]1(Cc2ccc(F)cc2)CCOC1=O. The molecule has 1 aliphatic heterocycles. The van der Waals surface area contributed by atoms with Gasteiger partial charge >= 0.3 is 11.9 Å². The minimum Gasteiger partial charge on any atom is -0.465 e. The maximum atomic E-state index is 13.0. The van der Waals surface area contributed by atoms with Crippen molar-refractivity contribution in [1.29, 1.82) is 0 Å². The first-order chi connectivity index (χ1) is 9.73. The summed E-state index contributed by atoms with van der Waals surface area (Å²) in [7, 11) is 0. The third-order valence-electron chi connectivity index (χ3n) is 3.36. The third kappa shape index (κ3) is 3.40. The Kier molecular flexibility index (Phi) is 4.03. The third-order valence-corrected chi connectivity index (χ3v) is 3.36. The maximum Gasteiger partial charge on any atom is 0.324 e. The molecule has 0 saturated carbocycles. The number of cyclic esters (lactones) is 1. The molecule has 5 heteroatoms. The molecular weight excluding hydrogens is 275 g/mol. The lowest BCUT2D eigenvalue weighted by Gasteiger charge is -2.28. The Morgan fingerprint density at radius 1 is 1.33 bits per heavy atom. The Balaban J connectivity index is 2.28. The second kappa shape index (κ2) is 5.47. The van der Waals surface area contributed by atoms with Crippen molar-refractivity contribution in [2.45, 2.75) is 39.2 Å². The first-order valence-electron chi connectivity index (χ1n) is 6.88. The van der Waals surface area contributed by atoms with E-state index in [0.717, 1.165) is 0 Å². The van der Waals surface area contributed by atoms with Crippen LogP contribution in [-0.2, 0) is 25.5 Å². The van der Waals surface area contributed by atoms with Gasteiger partial charge in [-0.3, -0.25) is 9.59 Å². The van der Waals surface area contributed by atoms with E-state index in [9.17, 15) is 14.0 Å². The molecule has 0 radical (unpaired) electrons. The quantitative estimate of drug-likeness (QED) is 0.635. The fraction of sp³-hybridized carbons (Fsp3) is 0.500. The van der Waals surface area contributed by atoms with E-state index in [1.165, 1.54) is 12.1 Å². The monoisotopic (exact) mass is 294 g/mol. The number of hydrogen-bond acceptors (Lipinski definition) is 4. The summed E-state index contributed by atoms with van der Waals surface area (Å²) in [5.41, 5.74) is -1.32.